The molecule has 1 saturated carbocycles. The van der Waals surface area contributed by atoms with E-state index >= 15 is 0 Å². The maximum Gasteiger partial charge on any atom is 0.0943 e. The number of nitrogens with one attached hydrogen (secondary N) is 1. The van der Waals surface area contributed by atoms with Crippen molar-refractivity contribution in [2.75, 3.05) is 6.54 Å². The molecule has 0 radical (unpaired) electrons. The third-order valence-corrected chi connectivity index (χ3v) is 5.49. The molecule has 0 aliphatic heterocycles. The number of rotatable bonds is 6. The molecule has 1 aliphatic carbocycles. The molecule has 20 heavy (non-hydrogen) atoms. The van der Waals surface area contributed by atoms with Gasteiger partial charge >= 0.3 is 0 Å². The number of nitrogens with zero attached hydrogens (tertiary/aromatic N) is 1. The zero-order chi connectivity index (χ0) is 14.5. The van der Waals surface area contributed by atoms with Gasteiger partial charge in [-0.05, 0) is 56.9 Å². The van der Waals surface area contributed by atoms with Crippen molar-refractivity contribution < 1.29 is 0 Å². The Morgan fingerprint density at radius 3 is 2.55 bits per heavy atom. The summed E-state index contributed by atoms with van der Waals surface area (Å²) in [6, 6.07) is 0.616. The van der Waals surface area contributed by atoms with Gasteiger partial charge in [0.2, 0.25) is 0 Å². The van der Waals surface area contributed by atoms with Crippen molar-refractivity contribution in [1.82, 2.24) is 10.3 Å². The van der Waals surface area contributed by atoms with Gasteiger partial charge in [-0.15, -0.1) is 11.3 Å². The Morgan fingerprint density at radius 1 is 1.30 bits per heavy atom. The van der Waals surface area contributed by atoms with E-state index < -0.39 is 0 Å². The van der Waals surface area contributed by atoms with E-state index in [2.05, 4.69) is 43.4 Å². The smallest absolute Gasteiger partial charge is 0.0943 e. The molecule has 2 nitrogen and oxygen atoms in total. The van der Waals surface area contributed by atoms with E-state index in [0.29, 0.717) is 6.04 Å². The van der Waals surface area contributed by atoms with Gasteiger partial charge in [0, 0.05) is 23.5 Å². The average molecular weight is 295 g/mol. The number of aromatic nitrogens is 1. The van der Waals surface area contributed by atoms with Crippen LogP contribution in [0.5, 0.6) is 0 Å². The van der Waals surface area contributed by atoms with Gasteiger partial charge in [0.15, 0.2) is 0 Å². The summed E-state index contributed by atoms with van der Waals surface area (Å²) in [5.41, 5.74) is 1.17. The van der Waals surface area contributed by atoms with Crippen molar-refractivity contribution in [3.05, 3.63) is 16.1 Å². The number of hydrogen-bond donors (Lipinski definition) is 1. The average Bonchev–Trinajstić information content (AvgIpc) is 2.79. The molecular formula is C17H30N2S. The fourth-order valence-electron chi connectivity index (χ4n) is 3.76. The van der Waals surface area contributed by atoms with E-state index in [-0.39, 0.29) is 0 Å². The minimum absolute atomic E-state index is 0.616. The fourth-order valence-corrected chi connectivity index (χ4v) is 4.59. The summed E-state index contributed by atoms with van der Waals surface area (Å²) >= 11 is 1.83. The second-order valence-corrected chi connectivity index (χ2v) is 7.77. The SMILES string of the molecule is CCCNC(Cc1nc(C)cs1)C1CC(C)CC(C)C1. The van der Waals surface area contributed by atoms with E-state index in [1.165, 1.54) is 36.4 Å². The second-order valence-electron chi connectivity index (χ2n) is 6.82. The van der Waals surface area contributed by atoms with Crippen LogP contribution in [0.1, 0.15) is 57.2 Å². The Labute approximate surface area is 128 Å². The molecule has 1 aromatic heterocycles. The highest BCUT2D eigenvalue weighted by Gasteiger charge is 2.30. The van der Waals surface area contributed by atoms with E-state index in [9.17, 15) is 0 Å². The van der Waals surface area contributed by atoms with Gasteiger partial charge in [-0.2, -0.15) is 0 Å². The number of thiazole rings is 1. The topological polar surface area (TPSA) is 24.9 Å². The van der Waals surface area contributed by atoms with Crippen LogP contribution < -0.4 is 5.32 Å². The van der Waals surface area contributed by atoms with Crippen LogP contribution >= 0.6 is 11.3 Å². The zero-order valence-corrected chi connectivity index (χ0v) is 14.3. The Hall–Kier alpha value is -0.410. The lowest BCUT2D eigenvalue weighted by molar-refractivity contribution is 0.175. The Kier molecular flexibility index (Phi) is 6.03. The summed E-state index contributed by atoms with van der Waals surface area (Å²) in [5, 5.41) is 7.29. The molecule has 0 saturated heterocycles. The molecule has 3 heteroatoms. The van der Waals surface area contributed by atoms with Crippen LogP contribution in [0, 0.1) is 24.7 Å². The first kappa shape index (κ1) is 16.0. The van der Waals surface area contributed by atoms with Gasteiger partial charge in [0.25, 0.3) is 0 Å². The molecule has 0 bridgehead atoms. The first-order valence-corrected chi connectivity index (χ1v) is 9.10. The summed E-state index contributed by atoms with van der Waals surface area (Å²) in [7, 11) is 0. The molecule has 0 aromatic carbocycles. The standard InChI is InChI=1S/C17H30N2S/c1-5-6-18-16(10-17-19-14(4)11-20-17)15-8-12(2)7-13(3)9-15/h11-13,15-16,18H,5-10H2,1-4H3. The second kappa shape index (κ2) is 7.56. The summed E-state index contributed by atoms with van der Waals surface area (Å²) in [6.07, 6.45) is 6.51. The van der Waals surface area contributed by atoms with Gasteiger partial charge < -0.3 is 5.32 Å². The van der Waals surface area contributed by atoms with Crippen LogP contribution in [0.2, 0.25) is 0 Å². The summed E-state index contributed by atoms with van der Waals surface area (Å²) in [5.74, 6) is 2.59. The highest BCUT2D eigenvalue weighted by Crippen LogP contribution is 2.35. The lowest BCUT2D eigenvalue weighted by Gasteiger charge is -2.37. The molecule has 1 aromatic rings. The zero-order valence-electron chi connectivity index (χ0n) is 13.5. The van der Waals surface area contributed by atoms with Gasteiger partial charge in [0.05, 0.1) is 5.01 Å². The summed E-state index contributed by atoms with van der Waals surface area (Å²) in [4.78, 5) is 4.67. The molecule has 1 aliphatic rings. The van der Waals surface area contributed by atoms with Crippen molar-refractivity contribution in [3.63, 3.8) is 0 Å². The Balaban J connectivity index is 2.01. The lowest BCUT2D eigenvalue weighted by Crippen LogP contribution is -2.41. The predicted molar refractivity (Wildman–Crippen MR) is 88.3 cm³/mol. The number of hydrogen-bond acceptors (Lipinski definition) is 3. The molecule has 2 rings (SSSR count). The van der Waals surface area contributed by atoms with E-state index in [1.807, 2.05) is 11.3 Å². The first-order chi connectivity index (χ1) is 9.58. The molecule has 3 unspecified atom stereocenters. The molecule has 0 spiro atoms. The first-order valence-electron chi connectivity index (χ1n) is 8.22. The van der Waals surface area contributed by atoms with E-state index in [1.54, 1.807) is 0 Å². The minimum Gasteiger partial charge on any atom is -0.313 e. The van der Waals surface area contributed by atoms with Crippen molar-refractivity contribution in [2.24, 2.45) is 17.8 Å². The molecule has 1 fully saturated rings. The highest BCUT2D eigenvalue weighted by molar-refractivity contribution is 7.09. The maximum absolute atomic E-state index is 4.67. The van der Waals surface area contributed by atoms with Gasteiger partial charge in [-0.3, -0.25) is 0 Å². The van der Waals surface area contributed by atoms with E-state index in [0.717, 1.165) is 30.7 Å². The molecule has 1 heterocycles. The molecular weight excluding hydrogens is 264 g/mol. The monoisotopic (exact) mass is 294 g/mol. The Morgan fingerprint density at radius 2 is 2.00 bits per heavy atom. The van der Waals surface area contributed by atoms with E-state index in [4.69, 9.17) is 0 Å². The van der Waals surface area contributed by atoms with Crippen molar-refractivity contribution in [1.29, 1.82) is 0 Å². The van der Waals surface area contributed by atoms with Gasteiger partial charge in [0.1, 0.15) is 0 Å². The normalized spacial score (nSPS) is 28.5. The summed E-state index contributed by atoms with van der Waals surface area (Å²) < 4.78 is 0. The van der Waals surface area contributed by atoms with Crippen LogP contribution in [0.25, 0.3) is 0 Å². The lowest BCUT2D eigenvalue weighted by atomic mass is 9.73. The predicted octanol–water partition coefficient (Wildman–Crippen LogP) is 4.43. The summed E-state index contributed by atoms with van der Waals surface area (Å²) in [6.45, 7) is 10.3. The molecule has 114 valence electrons. The van der Waals surface area contributed by atoms with Crippen LogP contribution in [-0.2, 0) is 6.42 Å². The van der Waals surface area contributed by atoms with Crippen LogP contribution in [0.4, 0.5) is 0 Å². The minimum atomic E-state index is 0.616. The quantitative estimate of drug-likeness (QED) is 0.839. The van der Waals surface area contributed by atoms with Crippen molar-refractivity contribution >= 4 is 11.3 Å². The third kappa shape index (κ3) is 4.56. The van der Waals surface area contributed by atoms with Gasteiger partial charge in [-0.25, -0.2) is 4.98 Å². The van der Waals surface area contributed by atoms with Crippen LogP contribution in [0.3, 0.4) is 0 Å². The Bertz CT molecular complexity index is 391. The fraction of sp³-hybridized carbons (Fsp3) is 0.824. The number of aryl methyl sites for hydroxylation is 1. The maximum atomic E-state index is 4.67. The largest absolute Gasteiger partial charge is 0.313 e. The van der Waals surface area contributed by atoms with Crippen LogP contribution in [0.15, 0.2) is 5.38 Å². The van der Waals surface area contributed by atoms with Crippen LogP contribution in [-0.4, -0.2) is 17.6 Å². The van der Waals surface area contributed by atoms with Crippen molar-refractivity contribution in [2.45, 2.75) is 65.8 Å². The molecule has 0 amide bonds. The molecule has 1 N–H and O–H groups in total. The van der Waals surface area contributed by atoms with Gasteiger partial charge in [-0.1, -0.05) is 20.8 Å². The third-order valence-electron chi connectivity index (χ3n) is 4.50. The molecule has 3 atom stereocenters. The highest BCUT2D eigenvalue weighted by atomic mass is 32.1. The van der Waals surface area contributed by atoms with Crippen molar-refractivity contribution in [3.8, 4) is 0 Å².